The maximum atomic E-state index is 12.2. The number of esters is 1. The van der Waals surface area contributed by atoms with Crippen LogP contribution in [0.1, 0.15) is 12.8 Å². The smallest absolute Gasteiger partial charge is 0.327 e. The number of sulfone groups is 1. The highest BCUT2D eigenvalue weighted by Gasteiger charge is 2.62. The van der Waals surface area contributed by atoms with Crippen molar-refractivity contribution < 1.29 is 17.9 Å². The third kappa shape index (κ3) is 1.43. The molecule has 0 aromatic heterocycles. The lowest BCUT2D eigenvalue weighted by molar-refractivity contribution is -0.140. The standard InChI is InChI=1S/C11H12O4S/c1-15-10(12)11(7-8-11)16(13,14)9-5-3-2-4-6-9/h2-6H,7-8H2,1H3. The van der Waals surface area contributed by atoms with Crippen molar-refractivity contribution in [3.63, 3.8) is 0 Å². The number of ether oxygens (including phenoxy) is 1. The summed E-state index contributed by atoms with van der Waals surface area (Å²) in [7, 11) is -2.40. The topological polar surface area (TPSA) is 60.4 Å². The van der Waals surface area contributed by atoms with Crippen LogP contribution in [0.3, 0.4) is 0 Å². The molecule has 0 N–H and O–H groups in total. The molecule has 0 aliphatic heterocycles. The highest BCUT2D eigenvalue weighted by atomic mass is 32.2. The normalized spacial score (nSPS) is 17.8. The van der Waals surface area contributed by atoms with Crippen LogP contribution in [0.2, 0.25) is 0 Å². The monoisotopic (exact) mass is 240 g/mol. The molecule has 2 rings (SSSR count). The quantitative estimate of drug-likeness (QED) is 0.744. The van der Waals surface area contributed by atoms with Crippen LogP contribution < -0.4 is 0 Å². The van der Waals surface area contributed by atoms with Crippen molar-refractivity contribution in [2.24, 2.45) is 0 Å². The molecule has 0 bridgehead atoms. The van der Waals surface area contributed by atoms with Gasteiger partial charge in [-0.1, -0.05) is 18.2 Å². The molecule has 0 saturated heterocycles. The minimum absolute atomic E-state index is 0.179. The zero-order valence-electron chi connectivity index (χ0n) is 8.84. The van der Waals surface area contributed by atoms with E-state index in [1.807, 2.05) is 0 Å². The number of rotatable bonds is 3. The Balaban J connectivity index is 2.45. The number of methoxy groups -OCH3 is 1. The summed E-state index contributed by atoms with van der Waals surface area (Å²) in [5, 5.41) is 0. The van der Waals surface area contributed by atoms with Crippen LogP contribution in [0.5, 0.6) is 0 Å². The third-order valence-corrected chi connectivity index (χ3v) is 5.33. The zero-order valence-corrected chi connectivity index (χ0v) is 9.66. The molecular formula is C11H12O4S. The van der Waals surface area contributed by atoms with Crippen molar-refractivity contribution in [2.45, 2.75) is 22.5 Å². The first kappa shape index (κ1) is 11.1. The van der Waals surface area contributed by atoms with E-state index in [2.05, 4.69) is 4.74 Å². The molecule has 1 aromatic carbocycles. The van der Waals surface area contributed by atoms with Crippen LogP contribution in [-0.2, 0) is 19.4 Å². The number of carbonyl (C=O) groups excluding carboxylic acids is 1. The Morgan fingerprint density at radius 2 is 1.81 bits per heavy atom. The van der Waals surface area contributed by atoms with Crippen LogP contribution >= 0.6 is 0 Å². The molecule has 1 fully saturated rings. The fraction of sp³-hybridized carbons (Fsp3) is 0.364. The Hall–Kier alpha value is -1.36. The van der Waals surface area contributed by atoms with Gasteiger partial charge in [0.25, 0.3) is 0 Å². The first-order valence-electron chi connectivity index (χ1n) is 4.93. The van der Waals surface area contributed by atoms with Crippen molar-refractivity contribution in [2.75, 3.05) is 7.11 Å². The Morgan fingerprint density at radius 3 is 2.25 bits per heavy atom. The van der Waals surface area contributed by atoms with Crippen molar-refractivity contribution in [3.8, 4) is 0 Å². The second kappa shape index (κ2) is 3.59. The van der Waals surface area contributed by atoms with Crippen molar-refractivity contribution in [1.82, 2.24) is 0 Å². The summed E-state index contributed by atoms with van der Waals surface area (Å²) < 4.78 is 27.7. The van der Waals surface area contributed by atoms with E-state index in [0.717, 1.165) is 0 Å². The van der Waals surface area contributed by atoms with Gasteiger partial charge in [0, 0.05) is 0 Å². The Kier molecular flexibility index (Phi) is 2.50. The molecule has 0 heterocycles. The van der Waals surface area contributed by atoms with Crippen LogP contribution in [0.15, 0.2) is 35.2 Å². The van der Waals surface area contributed by atoms with E-state index in [1.54, 1.807) is 18.2 Å². The van der Waals surface area contributed by atoms with Gasteiger partial charge in [-0.05, 0) is 25.0 Å². The lowest BCUT2D eigenvalue weighted by Crippen LogP contribution is -2.33. The minimum Gasteiger partial charge on any atom is -0.468 e. The number of hydrogen-bond donors (Lipinski definition) is 0. The molecule has 16 heavy (non-hydrogen) atoms. The third-order valence-electron chi connectivity index (χ3n) is 2.83. The molecule has 1 aromatic rings. The predicted octanol–water partition coefficient (Wildman–Crippen LogP) is 1.17. The minimum atomic E-state index is -3.61. The van der Waals surface area contributed by atoms with Crippen molar-refractivity contribution in [3.05, 3.63) is 30.3 Å². The van der Waals surface area contributed by atoms with Gasteiger partial charge in [-0.15, -0.1) is 0 Å². The molecule has 1 aliphatic rings. The van der Waals surface area contributed by atoms with E-state index in [4.69, 9.17) is 0 Å². The SMILES string of the molecule is COC(=O)C1(S(=O)(=O)c2ccccc2)CC1. The van der Waals surface area contributed by atoms with Crippen LogP contribution in [0.25, 0.3) is 0 Å². The van der Waals surface area contributed by atoms with Crippen LogP contribution in [-0.4, -0.2) is 26.2 Å². The predicted molar refractivity (Wildman–Crippen MR) is 57.6 cm³/mol. The molecule has 5 heteroatoms. The molecule has 0 amide bonds. The Morgan fingerprint density at radius 1 is 1.25 bits per heavy atom. The average Bonchev–Trinajstić information content (AvgIpc) is 3.10. The summed E-state index contributed by atoms with van der Waals surface area (Å²) in [6.45, 7) is 0. The molecule has 0 radical (unpaired) electrons. The summed E-state index contributed by atoms with van der Waals surface area (Å²) in [5.41, 5.74) is 0. The van der Waals surface area contributed by atoms with Gasteiger partial charge in [0.1, 0.15) is 0 Å². The van der Waals surface area contributed by atoms with Crippen LogP contribution in [0.4, 0.5) is 0 Å². The van der Waals surface area contributed by atoms with Gasteiger partial charge < -0.3 is 4.74 Å². The van der Waals surface area contributed by atoms with Crippen molar-refractivity contribution >= 4 is 15.8 Å². The Labute approximate surface area is 94.2 Å². The summed E-state index contributed by atoms with van der Waals surface area (Å²) in [6, 6.07) is 8.01. The lowest BCUT2D eigenvalue weighted by Gasteiger charge is -2.13. The lowest BCUT2D eigenvalue weighted by atomic mass is 10.4. The van der Waals surface area contributed by atoms with Gasteiger partial charge in [0.2, 0.25) is 0 Å². The van der Waals surface area contributed by atoms with E-state index in [9.17, 15) is 13.2 Å². The second-order valence-corrected chi connectivity index (χ2v) is 6.06. The summed E-state index contributed by atoms with van der Waals surface area (Å²) in [6.07, 6.45) is 0.688. The van der Waals surface area contributed by atoms with Gasteiger partial charge in [0.15, 0.2) is 14.6 Å². The van der Waals surface area contributed by atoms with Crippen molar-refractivity contribution in [1.29, 1.82) is 0 Å². The molecule has 4 nitrogen and oxygen atoms in total. The average molecular weight is 240 g/mol. The fourth-order valence-corrected chi connectivity index (χ4v) is 3.62. The molecule has 1 saturated carbocycles. The fourth-order valence-electron chi connectivity index (χ4n) is 1.71. The Bertz CT molecular complexity index is 500. The van der Waals surface area contributed by atoms with E-state index < -0.39 is 20.6 Å². The first-order valence-corrected chi connectivity index (χ1v) is 6.41. The molecule has 0 unspecified atom stereocenters. The highest BCUT2D eigenvalue weighted by Crippen LogP contribution is 2.47. The van der Waals surface area contributed by atoms with Gasteiger partial charge in [-0.25, -0.2) is 8.42 Å². The van der Waals surface area contributed by atoms with E-state index >= 15 is 0 Å². The first-order chi connectivity index (χ1) is 7.54. The molecule has 0 spiro atoms. The highest BCUT2D eigenvalue weighted by molar-refractivity contribution is 7.94. The summed E-state index contributed by atoms with van der Waals surface area (Å²) in [5.74, 6) is -0.656. The van der Waals surface area contributed by atoms with Crippen LogP contribution in [0, 0.1) is 0 Å². The van der Waals surface area contributed by atoms with E-state index in [-0.39, 0.29) is 4.90 Å². The van der Waals surface area contributed by atoms with Gasteiger partial charge >= 0.3 is 5.97 Å². The molecule has 86 valence electrons. The largest absolute Gasteiger partial charge is 0.468 e. The number of carbonyl (C=O) groups is 1. The van der Waals surface area contributed by atoms with Gasteiger partial charge in [-0.2, -0.15) is 0 Å². The molecular weight excluding hydrogens is 228 g/mol. The maximum Gasteiger partial charge on any atom is 0.327 e. The summed E-state index contributed by atoms with van der Waals surface area (Å²) in [4.78, 5) is 11.7. The number of hydrogen-bond acceptors (Lipinski definition) is 4. The molecule has 1 aliphatic carbocycles. The van der Waals surface area contributed by atoms with E-state index in [0.29, 0.717) is 12.8 Å². The van der Waals surface area contributed by atoms with E-state index in [1.165, 1.54) is 19.2 Å². The van der Waals surface area contributed by atoms with Gasteiger partial charge in [-0.3, -0.25) is 4.79 Å². The second-order valence-electron chi connectivity index (χ2n) is 3.80. The summed E-state index contributed by atoms with van der Waals surface area (Å²) >= 11 is 0. The molecule has 0 atom stereocenters. The zero-order chi connectivity index (χ0) is 11.8. The maximum absolute atomic E-state index is 12.2. The van der Waals surface area contributed by atoms with Gasteiger partial charge in [0.05, 0.1) is 12.0 Å². The number of benzene rings is 1.